The van der Waals surface area contributed by atoms with Crippen LogP contribution in [0.5, 0.6) is 0 Å². The Morgan fingerprint density at radius 1 is 0.324 bits per heavy atom. The second-order valence-corrected chi connectivity index (χ2v) is 22.8. The predicted octanol–water partition coefficient (Wildman–Crippen LogP) is 19.8. The summed E-state index contributed by atoms with van der Waals surface area (Å²) in [6.45, 7) is 23.2. The smallest absolute Gasteiger partial charge is 0.0470 e. The van der Waals surface area contributed by atoms with Crippen LogP contribution >= 0.6 is 0 Å². The van der Waals surface area contributed by atoms with Crippen molar-refractivity contribution in [1.29, 1.82) is 0 Å². The fraction of sp³-hybridized carbons (Fsp3) is 0.222. The average Bonchev–Trinajstić information content (AvgIpc) is 3.43. The van der Waals surface area contributed by atoms with Crippen molar-refractivity contribution in [1.82, 2.24) is 0 Å². The lowest BCUT2D eigenvalue weighted by Gasteiger charge is -2.34. The summed E-state index contributed by atoms with van der Waals surface area (Å²) in [5.74, 6) is 0.444. The molecule has 0 heterocycles. The fourth-order valence-electron chi connectivity index (χ4n) is 11.5. The van der Waals surface area contributed by atoms with Crippen LogP contribution in [0.15, 0.2) is 237 Å². The molecule has 0 fully saturated rings. The zero-order valence-corrected chi connectivity index (χ0v) is 45.2. The van der Waals surface area contributed by atoms with Gasteiger partial charge >= 0.3 is 0 Å². The minimum atomic E-state index is -0.151. The Labute approximate surface area is 442 Å². The van der Waals surface area contributed by atoms with E-state index in [9.17, 15) is 0 Å². The molecule has 0 spiro atoms. The number of hydrogen-bond acceptors (Lipinski definition) is 2. The lowest BCUT2D eigenvalue weighted by atomic mass is 9.71. The molecule has 1 unspecified atom stereocenters. The number of aryl methyl sites for hydroxylation is 2. The largest absolute Gasteiger partial charge is 0.310 e. The summed E-state index contributed by atoms with van der Waals surface area (Å²) < 4.78 is 0. The van der Waals surface area contributed by atoms with Gasteiger partial charge in [0, 0.05) is 50.4 Å². The van der Waals surface area contributed by atoms with E-state index in [1.807, 2.05) is 0 Å². The average molecular weight is 965 g/mol. The molecule has 1 atom stereocenters. The van der Waals surface area contributed by atoms with Crippen molar-refractivity contribution < 1.29 is 0 Å². The first kappa shape index (κ1) is 49.9. The van der Waals surface area contributed by atoms with Crippen molar-refractivity contribution in [3.05, 3.63) is 287 Å². The van der Waals surface area contributed by atoms with E-state index in [2.05, 4.69) is 316 Å². The van der Waals surface area contributed by atoms with Gasteiger partial charge in [0.05, 0.1) is 0 Å². The van der Waals surface area contributed by atoms with E-state index in [4.69, 9.17) is 0 Å². The third kappa shape index (κ3) is 9.55. The summed E-state index contributed by atoms with van der Waals surface area (Å²) in [5.41, 5.74) is 17.8. The zero-order valence-electron chi connectivity index (χ0n) is 45.2. The van der Waals surface area contributed by atoms with E-state index >= 15 is 0 Å². The fourth-order valence-corrected chi connectivity index (χ4v) is 11.5. The third-order valence-corrected chi connectivity index (χ3v) is 16.8. The molecule has 9 aromatic carbocycles. The van der Waals surface area contributed by atoms with Gasteiger partial charge in [-0.3, -0.25) is 0 Å². The predicted molar refractivity (Wildman–Crippen MR) is 318 cm³/mol. The number of hydrogen-bond donors (Lipinski definition) is 0. The molecule has 0 aromatic heterocycles. The lowest BCUT2D eigenvalue weighted by molar-refractivity contribution is 0.382. The highest BCUT2D eigenvalue weighted by Crippen LogP contribution is 2.45. The van der Waals surface area contributed by atoms with Crippen LogP contribution in [0.1, 0.15) is 112 Å². The maximum absolute atomic E-state index is 2.45. The van der Waals surface area contributed by atoms with Crippen molar-refractivity contribution in [2.45, 2.75) is 97.3 Å². The summed E-state index contributed by atoms with van der Waals surface area (Å²) in [5, 5.41) is 2.48. The molecule has 1 aliphatic carbocycles. The Kier molecular flexibility index (Phi) is 13.5. The highest BCUT2D eigenvalue weighted by Gasteiger charge is 2.31. The number of allylic oxidation sites excluding steroid dienone is 4. The van der Waals surface area contributed by atoms with E-state index < -0.39 is 0 Å². The van der Waals surface area contributed by atoms with E-state index in [0.29, 0.717) is 5.92 Å². The first-order valence-corrected chi connectivity index (χ1v) is 26.6. The molecule has 0 saturated heterocycles. The Morgan fingerprint density at radius 2 is 0.622 bits per heavy atom. The molecular formula is C72H72N2. The minimum Gasteiger partial charge on any atom is -0.310 e. The summed E-state index contributed by atoms with van der Waals surface area (Å²) in [4.78, 5) is 4.88. The molecule has 0 N–H and O–H groups in total. The second-order valence-electron chi connectivity index (χ2n) is 22.8. The first-order valence-electron chi connectivity index (χ1n) is 26.6. The Bertz CT molecular complexity index is 3340. The van der Waals surface area contributed by atoms with Crippen molar-refractivity contribution >= 4 is 44.9 Å². The number of fused-ring (bicyclic) bond motifs is 1. The van der Waals surface area contributed by atoms with Gasteiger partial charge in [0.1, 0.15) is 0 Å². The highest BCUT2D eigenvalue weighted by molar-refractivity contribution is 5.97. The van der Waals surface area contributed by atoms with Gasteiger partial charge in [-0.15, -0.1) is 0 Å². The Morgan fingerprint density at radius 3 is 0.919 bits per heavy atom. The van der Waals surface area contributed by atoms with Crippen LogP contribution in [0, 0.1) is 19.8 Å². The summed E-state index contributed by atoms with van der Waals surface area (Å²) in [6.07, 6.45) is 10.1. The van der Waals surface area contributed by atoms with Gasteiger partial charge in [-0.05, 0) is 165 Å². The Balaban J connectivity index is 1.07. The SMILES string of the molecule is Cc1cc(N(c2ccc(C(C)(C)c3ccccc3)cc2)c2ccc(C(C)(C)C3C=CC=CC3)cc2)cc2c(C)cc(N(c3ccc(C(C)(C)c4ccccc4)cc3)c3ccc(C(C)(C)c4ccccc4)cc3)cc12. The molecule has 0 amide bonds. The highest BCUT2D eigenvalue weighted by atomic mass is 15.1. The third-order valence-electron chi connectivity index (χ3n) is 16.8. The van der Waals surface area contributed by atoms with Crippen LogP contribution < -0.4 is 9.80 Å². The number of rotatable bonds is 14. The van der Waals surface area contributed by atoms with Gasteiger partial charge in [-0.25, -0.2) is 0 Å². The van der Waals surface area contributed by atoms with Crippen LogP contribution in [0.25, 0.3) is 10.8 Å². The lowest BCUT2D eigenvalue weighted by Crippen LogP contribution is -2.27. The van der Waals surface area contributed by atoms with E-state index in [-0.39, 0.29) is 21.7 Å². The molecule has 0 bridgehead atoms. The molecule has 10 rings (SSSR count). The summed E-state index contributed by atoms with van der Waals surface area (Å²) in [7, 11) is 0. The summed E-state index contributed by atoms with van der Waals surface area (Å²) >= 11 is 0. The normalized spacial score (nSPS) is 14.1. The monoisotopic (exact) mass is 965 g/mol. The molecule has 2 heteroatoms. The topological polar surface area (TPSA) is 6.48 Å². The first-order chi connectivity index (χ1) is 35.5. The quantitative estimate of drug-likeness (QED) is 0.107. The molecule has 1 aliphatic rings. The number of nitrogens with zero attached hydrogens (tertiary/aromatic N) is 2. The van der Waals surface area contributed by atoms with E-state index in [0.717, 1.165) is 40.5 Å². The number of benzene rings is 9. The van der Waals surface area contributed by atoms with Crippen molar-refractivity contribution in [2.24, 2.45) is 5.92 Å². The molecule has 370 valence electrons. The molecule has 2 nitrogen and oxygen atoms in total. The molecule has 0 radical (unpaired) electrons. The van der Waals surface area contributed by atoms with Crippen LogP contribution in [0.2, 0.25) is 0 Å². The van der Waals surface area contributed by atoms with Gasteiger partial charge in [0.2, 0.25) is 0 Å². The zero-order chi connectivity index (χ0) is 51.8. The van der Waals surface area contributed by atoms with Gasteiger partial charge < -0.3 is 9.80 Å². The molecule has 74 heavy (non-hydrogen) atoms. The standard InChI is InChI=1S/C72H72N2/c1-51-47-65(73(61-39-31-57(32-40-61)69(3,4)53-23-15-11-16-24-53)62-41-33-58(34-42-62)70(5,6)54-25-17-12-18-26-54)50-68-52(2)48-66(49-67(51)68)74(63-43-35-59(36-44-63)71(7,8)55-27-19-13-20-28-55)64-45-37-60(38-46-64)72(9,10)56-29-21-14-22-30-56/h11-29,31-50,56H,30H2,1-10H3. The Hall–Kier alpha value is -7.68. The molecule has 9 aromatic rings. The van der Waals surface area contributed by atoms with Crippen LogP contribution in [0.3, 0.4) is 0 Å². The minimum absolute atomic E-state index is 0.0148. The van der Waals surface area contributed by atoms with Gasteiger partial charge in [0.15, 0.2) is 0 Å². The molecule has 0 saturated carbocycles. The van der Waals surface area contributed by atoms with Crippen LogP contribution in [-0.4, -0.2) is 0 Å². The van der Waals surface area contributed by atoms with Crippen molar-refractivity contribution in [2.75, 3.05) is 9.80 Å². The number of anilines is 6. The van der Waals surface area contributed by atoms with E-state index in [1.54, 1.807) is 0 Å². The molecular weight excluding hydrogens is 893 g/mol. The second kappa shape index (κ2) is 20.0. The molecule has 0 aliphatic heterocycles. The van der Waals surface area contributed by atoms with Crippen LogP contribution in [-0.2, 0) is 21.7 Å². The van der Waals surface area contributed by atoms with E-state index in [1.165, 1.54) is 60.8 Å². The van der Waals surface area contributed by atoms with Gasteiger partial charge in [-0.1, -0.05) is 219 Å². The van der Waals surface area contributed by atoms with Crippen molar-refractivity contribution in [3.8, 4) is 0 Å². The van der Waals surface area contributed by atoms with Crippen LogP contribution in [0.4, 0.5) is 34.1 Å². The van der Waals surface area contributed by atoms with Gasteiger partial charge in [0.25, 0.3) is 0 Å². The maximum Gasteiger partial charge on any atom is 0.0470 e. The summed E-state index contributed by atoms with van der Waals surface area (Å²) in [6, 6.07) is 79.2. The maximum atomic E-state index is 2.45. The van der Waals surface area contributed by atoms with Gasteiger partial charge in [-0.2, -0.15) is 0 Å². The van der Waals surface area contributed by atoms with Crippen molar-refractivity contribution in [3.63, 3.8) is 0 Å².